The van der Waals surface area contributed by atoms with Gasteiger partial charge in [-0.2, -0.15) is 0 Å². The fourth-order valence-electron chi connectivity index (χ4n) is 2.33. The molecule has 3 rings (SSSR count). The number of nitrogens with zero attached hydrogens (tertiary/aromatic N) is 3. The highest BCUT2D eigenvalue weighted by atomic mass is 16.5. The molecular formula is C17H17N3O3. The van der Waals surface area contributed by atoms with E-state index in [1.165, 1.54) is 4.68 Å². The van der Waals surface area contributed by atoms with Crippen LogP contribution in [0.15, 0.2) is 42.5 Å². The second-order valence-corrected chi connectivity index (χ2v) is 6.24. The number of rotatable bonds is 3. The van der Waals surface area contributed by atoms with Gasteiger partial charge >= 0.3 is 5.97 Å². The number of hydrogen-bond donors (Lipinski definition) is 1. The van der Waals surface area contributed by atoms with Crippen molar-refractivity contribution in [2.75, 3.05) is 0 Å². The molecule has 0 fully saturated rings. The summed E-state index contributed by atoms with van der Waals surface area (Å²) in [6.07, 6.45) is 0. The molecule has 6 nitrogen and oxygen atoms in total. The fourth-order valence-corrected chi connectivity index (χ4v) is 2.33. The average Bonchev–Trinajstić information content (AvgIpc) is 2.91. The lowest BCUT2D eigenvalue weighted by Crippen LogP contribution is -2.27. The average molecular weight is 311 g/mol. The summed E-state index contributed by atoms with van der Waals surface area (Å²) in [5.74, 6) is -0.615. The van der Waals surface area contributed by atoms with E-state index in [1.54, 1.807) is 6.07 Å². The molecule has 2 aromatic carbocycles. The Labute approximate surface area is 133 Å². The second-order valence-electron chi connectivity index (χ2n) is 6.24. The lowest BCUT2D eigenvalue weighted by molar-refractivity contribution is 0.0671. The van der Waals surface area contributed by atoms with E-state index < -0.39 is 11.5 Å². The Morgan fingerprint density at radius 2 is 1.83 bits per heavy atom. The van der Waals surface area contributed by atoms with Crippen LogP contribution in [0, 0.1) is 0 Å². The van der Waals surface area contributed by atoms with Crippen LogP contribution in [0.3, 0.4) is 0 Å². The number of ether oxygens (including phenoxy) is 1. The lowest BCUT2D eigenvalue weighted by atomic mass is 10.1. The monoisotopic (exact) mass is 311 g/mol. The van der Waals surface area contributed by atoms with E-state index in [9.17, 15) is 9.90 Å². The number of carboxylic acid groups (broad SMARTS) is 1. The highest BCUT2D eigenvalue weighted by molar-refractivity contribution is 5.88. The number of fused-ring (bicyclic) bond motifs is 1. The van der Waals surface area contributed by atoms with Gasteiger partial charge in [0.05, 0.1) is 5.54 Å². The van der Waals surface area contributed by atoms with Crippen LogP contribution in [-0.4, -0.2) is 26.1 Å². The molecule has 0 bridgehead atoms. The number of aromatic carboxylic acids is 1. The minimum atomic E-state index is -1.12. The first kappa shape index (κ1) is 15.0. The van der Waals surface area contributed by atoms with Crippen molar-refractivity contribution in [2.45, 2.75) is 26.3 Å². The van der Waals surface area contributed by atoms with Crippen LogP contribution in [-0.2, 0) is 5.54 Å². The lowest BCUT2D eigenvalue weighted by Gasteiger charge is -2.19. The standard InChI is InChI=1S/C17H17N3O3/c1-17(2,3)20-14(16(21)22)15(18-19-20)23-13-9-8-11-6-4-5-7-12(11)10-13/h4-10H,1-3H3,(H,21,22). The second kappa shape index (κ2) is 5.39. The SMILES string of the molecule is CC(C)(C)n1nnc(Oc2ccc3ccccc3c2)c1C(=O)O. The molecule has 0 aliphatic heterocycles. The minimum absolute atomic E-state index is 0.0114. The normalized spacial score (nSPS) is 11.6. The van der Waals surface area contributed by atoms with E-state index >= 15 is 0 Å². The highest BCUT2D eigenvalue weighted by Crippen LogP contribution is 2.28. The minimum Gasteiger partial charge on any atom is -0.476 e. The van der Waals surface area contributed by atoms with Gasteiger partial charge in [-0.25, -0.2) is 9.48 Å². The van der Waals surface area contributed by atoms with Crippen molar-refractivity contribution in [3.8, 4) is 11.6 Å². The first-order valence-electron chi connectivity index (χ1n) is 7.22. The highest BCUT2D eigenvalue weighted by Gasteiger charge is 2.28. The van der Waals surface area contributed by atoms with Crippen LogP contribution in [0.1, 0.15) is 31.3 Å². The maximum Gasteiger partial charge on any atom is 0.359 e. The number of carboxylic acids is 1. The predicted molar refractivity (Wildman–Crippen MR) is 86.0 cm³/mol. The van der Waals surface area contributed by atoms with E-state index in [2.05, 4.69) is 10.3 Å². The molecule has 0 saturated heterocycles. The van der Waals surface area contributed by atoms with Crippen molar-refractivity contribution in [3.63, 3.8) is 0 Å². The van der Waals surface area contributed by atoms with Gasteiger partial charge in [0.15, 0.2) is 0 Å². The van der Waals surface area contributed by atoms with E-state index in [0.29, 0.717) is 5.75 Å². The van der Waals surface area contributed by atoms with Crippen LogP contribution < -0.4 is 4.74 Å². The zero-order chi connectivity index (χ0) is 16.6. The van der Waals surface area contributed by atoms with Gasteiger partial charge in [0.1, 0.15) is 5.75 Å². The van der Waals surface area contributed by atoms with E-state index in [1.807, 2.05) is 57.2 Å². The van der Waals surface area contributed by atoms with Gasteiger partial charge in [-0.3, -0.25) is 0 Å². The molecule has 3 aromatic rings. The number of hydrogen-bond acceptors (Lipinski definition) is 4. The molecule has 0 atom stereocenters. The van der Waals surface area contributed by atoms with Gasteiger partial charge in [-0.1, -0.05) is 40.6 Å². The largest absolute Gasteiger partial charge is 0.476 e. The van der Waals surface area contributed by atoms with Gasteiger partial charge in [0, 0.05) is 0 Å². The molecule has 0 amide bonds. The van der Waals surface area contributed by atoms with Gasteiger partial charge < -0.3 is 9.84 Å². The van der Waals surface area contributed by atoms with E-state index in [0.717, 1.165) is 10.8 Å². The van der Waals surface area contributed by atoms with Gasteiger partial charge in [0.2, 0.25) is 5.69 Å². The quantitative estimate of drug-likeness (QED) is 0.798. The molecule has 1 aromatic heterocycles. The number of benzene rings is 2. The summed E-state index contributed by atoms with van der Waals surface area (Å²) in [4.78, 5) is 11.6. The molecule has 0 radical (unpaired) electrons. The third kappa shape index (κ3) is 2.88. The number of carbonyl (C=O) groups is 1. The summed E-state index contributed by atoms with van der Waals surface area (Å²) in [6, 6.07) is 13.4. The topological polar surface area (TPSA) is 77.2 Å². The Hall–Kier alpha value is -2.89. The maximum atomic E-state index is 11.6. The summed E-state index contributed by atoms with van der Waals surface area (Å²) in [6.45, 7) is 5.57. The smallest absolute Gasteiger partial charge is 0.359 e. The molecule has 118 valence electrons. The maximum absolute atomic E-state index is 11.6. The van der Waals surface area contributed by atoms with Crippen molar-refractivity contribution >= 4 is 16.7 Å². The first-order valence-corrected chi connectivity index (χ1v) is 7.22. The summed E-state index contributed by atoms with van der Waals surface area (Å²) in [7, 11) is 0. The van der Waals surface area contributed by atoms with Crippen LogP contribution in [0.25, 0.3) is 10.8 Å². The fraction of sp³-hybridized carbons (Fsp3) is 0.235. The van der Waals surface area contributed by atoms with Gasteiger partial charge in [-0.15, -0.1) is 0 Å². The van der Waals surface area contributed by atoms with Gasteiger partial charge in [0.25, 0.3) is 5.88 Å². The van der Waals surface area contributed by atoms with Crippen molar-refractivity contribution in [3.05, 3.63) is 48.2 Å². The molecule has 6 heteroatoms. The van der Waals surface area contributed by atoms with Crippen LogP contribution in [0.2, 0.25) is 0 Å². The molecule has 23 heavy (non-hydrogen) atoms. The summed E-state index contributed by atoms with van der Waals surface area (Å²) >= 11 is 0. The van der Waals surface area contributed by atoms with E-state index in [-0.39, 0.29) is 11.6 Å². The zero-order valence-corrected chi connectivity index (χ0v) is 13.1. The predicted octanol–water partition coefficient (Wildman–Crippen LogP) is 3.68. The number of aromatic nitrogens is 3. The Bertz CT molecular complexity index is 878. The molecule has 1 heterocycles. The van der Waals surface area contributed by atoms with Crippen molar-refractivity contribution in [1.82, 2.24) is 15.0 Å². The van der Waals surface area contributed by atoms with Gasteiger partial charge in [-0.05, 0) is 43.7 Å². The van der Waals surface area contributed by atoms with Crippen LogP contribution >= 0.6 is 0 Å². The summed E-state index contributed by atoms with van der Waals surface area (Å²) in [5, 5.41) is 19.4. The van der Waals surface area contributed by atoms with Crippen molar-refractivity contribution < 1.29 is 14.6 Å². The molecule has 1 N–H and O–H groups in total. The Morgan fingerprint density at radius 1 is 1.13 bits per heavy atom. The third-order valence-corrected chi connectivity index (χ3v) is 3.41. The third-order valence-electron chi connectivity index (χ3n) is 3.41. The Kier molecular flexibility index (Phi) is 3.52. The van der Waals surface area contributed by atoms with Crippen molar-refractivity contribution in [1.29, 1.82) is 0 Å². The molecule has 0 saturated carbocycles. The first-order chi connectivity index (χ1) is 10.9. The van der Waals surface area contributed by atoms with E-state index in [4.69, 9.17) is 4.74 Å². The Morgan fingerprint density at radius 3 is 2.48 bits per heavy atom. The summed E-state index contributed by atoms with van der Waals surface area (Å²) in [5.41, 5.74) is -0.572. The molecule has 0 spiro atoms. The Balaban J connectivity index is 2.01. The van der Waals surface area contributed by atoms with Crippen molar-refractivity contribution in [2.24, 2.45) is 0 Å². The molecule has 0 aliphatic rings. The summed E-state index contributed by atoms with van der Waals surface area (Å²) < 4.78 is 7.03. The molecular weight excluding hydrogens is 294 g/mol. The molecule has 0 unspecified atom stereocenters. The van der Waals surface area contributed by atoms with Crippen LogP contribution in [0.5, 0.6) is 11.6 Å². The molecule has 0 aliphatic carbocycles. The zero-order valence-electron chi connectivity index (χ0n) is 13.1. The van der Waals surface area contributed by atoms with Crippen LogP contribution in [0.4, 0.5) is 0 Å².